The number of amides is 2. The Balaban J connectivity index is 3.09. The van der Waals surface area contributed by atoms with E-state index in [4.69, 9.17) is 4.74 Å². The van der Waals surface area contributed by atoms with E-state index < -0.39 is 0 Å². The molecular weight excluding hydrogens is 304 g/mol. The van der Waals surface area contributed by atoms with Crippen LogP contribution in [0.1, 0.15) is 63.4 Å². The van der Waals surface area contributed by atoms with Gasteiger partial charge in [-0.15, -0.1) is 0 Å². The molecule has 1 rings (SSSR count). The van der Waals surface area contributed by atoms with Crippen LogP contribution in [0.4, 0.5) is 0 Å². The number of carbonyl (C=O) groups is 2. The highest BCUT2D eigenvalue weighted by molar-refractivity contribution is 5.96. The van der Waals surface area contributed by atoms with Crippen molar-refractivity contribution >= 4 is 12.3 Å². The van der Waals surface area contributed by atoms with Crippen molar-refractivity contribution in [1.29, 1.82) is 0 Å². The van der Waals surface area contributed by atoms with E-state index in [9.17, 15) is 9.59 Å². The summed E-state index contributed by atoms with van der Waals surface area (Å²) in [7, 11) is 1.59. The molecule has 0 saturated heterocycles. The van der Waals surface area contributed by atoms with Crippen LogP contribution in [0.25, 0.3) is 0 Å². The number of benzene rings is 1. The van der Waals surface area contributed by atoms with E-state index in [1.165, 1.54) is 5.01 Å². The topological polar surface area (TPSA) is 58.6 Å². The normalized spacial score (nSPS) is 12.4. The predicted molar refractivity (Wildman–Crippen MR) is 95.9 cm³/mol. The van der Waals surface area contributed by atoms with Crippen molar-refractivity contribution in [3.63, 3.8) is 0 Å². The summed E-state index contributed by atoms with van der Waals surface area (Å²) in [6, 6.07) is 5.30. The Kier molecular flexibility index (Phi) is 7.26. The third kappa shape index (κ3) is 4.73. The molecule has 0 aliphatic rings. The number of hydrazine groups is 1. The first-order valence-electron chi connectivity index (χ1n) is 8.50. The van der Waals surface area contributed by atoms with Crippen LogP contribution in [0.5, 0.6) is 5.75 Å². The predicted octanol–water partition coefficient (Wildman–Crippen LogP) is 3.58. The minimum atomic E-state index is -0.289. The number of ether oxygens (including phenoxy) is 1. The van der Waals surface area contributed by atoms with Gasteiger partial charge in [0.15, 0.2) is 0 Å². The Bertz CT molecular complexity index is 564. The van der Waals surface area contributed by atoms with Gasteiger partial charge in [-0.05, 0) is 30.4 Å². The van der Waals surface area contributed by atoms with E-state index in [1.54, 1.807) is 19.2 Å². The van der Waals surface area contributed by atoms with Crippen molar-refractivity contribution in [1.82, 2.24) is 10.4 Å². The molecule has 0 heterocycles. The average Bonchev–Trinajstić information content (AvgIpc) is 2.55. The standard InChI is InChI=1S/C19H30N2O3/c1-7-10-17(19(3,4)5)21(13-22)20-18(23)15-11-9-12-16(24-6)14(15)8-2/h9,11-13,17H,7-8,10H2,1-6H3,(H,20,23). The van der Waals surface area contributed by atoms with Gasteiger partial charge in [-0.25, -0.2) is 0 Å². The number of methoxy groups -OCH3 is 1. The van der Waals surface area contributed by atoms with Crippen molar-refractivity contribution in [2.75, 3.05) is 7.11 Å². The summed E-state index contributed by atoms with van der Waals surface area (Å²) >= 11 is 0. The first-order chi connectivity index (χ1) is 11.3. The molecule has 134 valence electrons. The maximum Gasteiger partial charge on any atom is 0.270 e. The van der Waals surface area contributed by atoms with E-state index in [-0.39, 0.29) is 17.4 Å². The summed E-state index contributed by atoms with van der Waals surface area (Å²) < 4.78 is 5.34. The maximum absolute atomic E-state index is 12.7. The first kappa shape index (κ1) is 20.0. The van der Waals surface area contributed by atoms with Gasteiger partial charge in [0.25, 0.3) is 5.91 Å². The van der Waals surface area contributed by atoms with Gasteiger partial charge in [0, 0.05) is 11.1 Å². The van der Waals surface area contributed by atoms with E-state index in [0.717, 1.165) is 18.4 Å². The summed E-state index contributed by atoms with van der Waals surface area (Å²) in [5, 5.41) is 1.41. The van der Waals surface area contributed by atoms with Crippen molar-refractivity contribution in [2.45, 2.75) is 59.9 Å². The van der Waals surface area contributed by atoms with E-state index in [0.29, 0.717) is 24.1 Å². The summed E-state index contributed by atoms with van der Waals surface area (Å²) in [6.45, 7) is 10.2. The van der Waals surface area contributed by atoms with E-state index in [1.807, 2.05) is 13.0 Å². The van der Waals surface area contributed by atoms with Gasteiger partial charge in [-0.1, -0.05) is 47.1 Å². The van der Waals surface area contributed by atoms with E-state index >= 15 is 0 Å². The lowest BCUT2D eigenvalue weighted by atomic mass is 9.84. The molecule has 0 bridgehead atoms. The monoisotopic (exact) mass is 334 g/mol. The van der Waals surface area contributed by atoms with Crippen molar-refractivity contribution in [2.24, 2.45) is 5.41 Å². The fourth-order valence-corrected chi connectivity index (χ4v) is 2.95. The molecule has 0 saturated carbocycles. The molecule has 0 aliphatic carbocycles. The lowest BCUT2D eigenvalue weighted by Crippen LogP contribution is -2.52. The molecule has 24 heavy (non-hydrogen) atoms. The molecule has 1 unspecified atom stereocenters. The van der Waals surface area contributed by atoms with Crippen molar-refractivity contribution in [3.05, 3.63) is 29.3 Å². The number of carbonyl (C=O) groups excluding carboxylic acids is 2. The van der Waals surface area contributed by atoms with Crippen LogP contribution < -0.4 is 10.2 Å². The highest BCUT2D eigenvalue weighted by atomic mass is 16.5. The van der Waals surface area contributed by atoms with Gasteiger partial charge in [0.2, 0.25) is 6.41 Å². The minimum absolute atomic E-state index is 0.0698. The van der Waals surface area contributed by atoms with Gasteiger partial charge < -0.3 is 4.74 Å². The smallest absolute Gasteiger partial charge is 0.270 e. The highest BCUT2D eigenvalue weighted by Crippen LogP contribution is 2.27. The van der Waals surface area contributed by atoms with Crippen LogP contribution in [0.3, 0.4) is 0 Å². The van der Waals surface area contributed by atoms with Crippen molar-refractivity contribution < 1.29 is 14.3 Å². The molecule has 0 aliphatic heterocycles. The Morgan fingerprint density at radius 2 is 2.00 bits per heavy atom. The van der Waals surface area contributed by atoms with Crippen LogP contribution in [0, 0.1) is 5.41 Å². The number of hydrogen-bond donors (Lipinski definition) is 1. The Morgan fingerprint density at radius 3 is 2.46 bits per heavy atom. The molecule has 1 atom stereocenters. The molecule has 5 heteroatoms. The average molecular weight is 334 g/mol. The highest BCUT2D eigenvalue weighted by Gasteiger charge is 2.30. The van der Waals surface area contributed by atoms with Gasteiger partial charge in [-0.3, -0.25) is 20.0 Å². The maximum atomic E-state index is 12.7. The second-order valence-corrected chi connectivity index (χ2v) is 6.96. The molecule has 0 spiro atoms. The second-order valence-electron chi connectivity index (χ2n) is 6.96. The molecule has 5 nitrogen and oxygen atoms in total. The summed E-state index contributed by atoms with van der Waals surface area (Å²) in [6.07, 6.45) is 3.13. The second kappa shape index (κ2) is 8.71. The molecule has 1 aromatic rings. The zero-order valence-corrected chi connectivity index (χ0v) is 15.7. The molecule has 0 fully saturated rings. The zero-order valence-electron chi connectivity index (χ0n) is 15.7. The SMILES string of the molecule is CCCC(N(C=O)NC(=O)c1cccc(OC)c1CC)C(C)(C)C. The van der Waals surface area contributed by atoms with Crippen LogP contribution in [0.2, 0.25) is 0 Å². The lowest BCUT2D eigenvalue weighted by Gasteiger charge is -2.37. The quantitative estimate of drug-likeness (QED) is 0.584. The first-order valence-corrected chi connectivity index (χ1v) is 8.50. The lowest BCUT2D eigenvalue weighted by molar-refractivity contribution is -0.125. The molecular formula is C19H30N2O3. The number of rotatable bonds is 8. The molecule has 0 radical (unpaired) electrons. The van der Waals surface area contributed by atoms with Gasteiger partial charge in [0.05, 0.1) is 13.2 Å². The Hall–Kier alpha value is -2.04. The Morgan fingerprint density at radius 1 is 1.33 bits per heavy atom. The van der Waals surface area contributed by atoms with Crippen LogP contribution in [-0.2, 0) is 11.2 Å². The zero-order chi connectivity index (χ0) is 18.3. The molecule has 2 amide bonds. The van der Waals surface area contributed by atoms with Gasteiger partial charge >= 0.3 is 0 Å². The van der Waals surface area contributed by atoms with Crippen LogP contribution in [0.15, 0.2) is 18.2 Å². The Labute approximate surface area is 145 Å². The molecule has 1 aromatic carbocycles. The number of hydrogen-bond acceptors (Lipinski definition) is 3. The van der Waals surface area contributed by atoms with Gasteiger partial charge in [-0.2, -0.15) is 0 Å². The van der Waals surface area contributed by atoms with Crippen LogP contribution in [-0.4, -0.2) is 30.5 Å². The van der Waals surface area contributed by atoms with Gasteiger partial charge in [0.1, 0.15) is 5.75 Å². The van der Waals surface area contributed by atoms with E-state index in [2.05, 4.69) is 33.1 Å². The summed E-state index contributed by atoms with van der Waals surface area (Å²) in [5.41, 5.74) is 4.01. The molecule has 0 aromatic heterocycles. The fraction of sp³-hybridized carbons (Fsp3) is 0.579. The van der Waals surface area contributed by atoms with Crippen molar-refractivity contribution in [3.8, 4) is 5.75 Å². The fourth-order valence-electron chi connectivity index (χ4n) is 2.95. The number of nitrogens with zero attached hydrogens (tertiary/aromatic N) is 1. The summed E-state index contributed by atoms with van der Waals surface area (Å²) in [4.78, 5) is 24.3. The number of nitrogens with one attached hydrogen (secondary N) is 1. The molecule has 1 N–H and O–H groups in total. The third-order valence-electron chi connectivity index (χ3n) is 4.19. The third-order valence-corrected chi connectivity index (χ3v) is 4.19. The largest absolute Gasteiger partial charge is 0.496 e. The van der Waals surface area contributed by atoms with Crippen LogP contribution >= 0.6 is 0 Å². The minimum Gasteiger partial charge on any atom is -0.496 e. The summed E-state index contributed by atoms with van der Waals surface area (Å²) in [5.74, 6) is 0.395.